The van der Waals surface area contributed by atoms with E-state index in [2.05, 4.69) is 45.6 Å². The fourth-order valence-corrected chi connectivity index (χ4v) is 3.12. The van der Waals surface area contributed by atoms with Crippen LogP contribution in [0.2, 0.25) is 0 Å². The van der Waals surface area contributed by atoms with Gasteiger partial charge in [-0.3, -0.25) is 4.79 Å². The molecule has 0 saturated carbocycles. The second-order valence-electron chi connectivity index (χ2n) is 4.28. The smallest absolute Gasteiger partial charge is 0.221 e. The third kappa shape index (κ3) is 3.81. The van der Waals surface area contributed by atoms with E-state index in [0.717, 1.165) is 20.7 Å². The molecule has 0 bridgehead atoms. The minimum atomic E-state index is -0.0452. The maximum atomic E-state index is 11.1. The van der Waals surface area contributed by atoms with Gasteiger partial charge in [0.25, 0.3) is 0 Å². The fraction of sp³-hybridized carbons (Fsp3) is 0.214. The Morgan fingerprint density at radius 3 is 2.79 bits per heavy atom. The van der Waals surface area contributed by atoms with Crippen LogP contribution < -0.4 is 10.6 Å². The molecule has 0 atom stereocenters. The molecule has 1 heterocycles. The Morgan fingerprint density at radius 1 is 1.32 bits per heavy atom. The second kappa shape index (κ2) is 6.21. The summed E-state index contributed by atoms with van der Waals surface area (Å²) in [5, 5.41) is 8.18. The molecule has 0 aliphatic heterocycles. The Morgan fingerprint density at radius 2 is 2.11 bits per heavy atom. The molecule has 1 amide bonds. The van der Waals surface area contributed by atoms with Crippen LogP contribution in [-0.2, 0) is 11.3 Å². The summed E-state index contributed by atoms with van der Waals surface area (Å²) in [7, 11) is 0. The monoisotopic (exact) mass is 338 g/mol. The molecule has 1 aromatic heterocycles. The van der Waals surface area contributed by atoms with Gasteiger partial charge in [0.1, 0.15) is 0 Å². The van der Waals surface area contributed by atoms with Crippen molar-refractivity contribution in [2.75, 3.05) is 10.6 Å². The minimum Gasteiger partial charge on any atom is -0.379 e. The third-order valence-electron chi connectivity index (χ3n) is 2.62. The van der Waals surface area contributed by atoms with Crippen LogP contribution in [0.4, 0.5) is 11.4 Å². The molecule has 0 aliphatic rings. The summed E-state index contributed by atoms with van der Waals surface area (Å²) in [5.41, 5.74) is 3.15. The van der Waals surface area contributed by atoms with Crippen LogP contribution in [0.25, 0.3) is 0 Å². The van der Waals surface area contributed by atoms with Crippen molar-refractivity contribution < 1.29 is 4.79 Å². The number of rotatable bonds is 4. The standard InChI is InChI=1S/C14H15BrN2OS/c1-9-3-4-12(11(15)7-9)16-8-14-13(5-6-19-14)17-10(2)18/h3-7,16H,8H2,1-2H3,(H,17,18). The summed E-state index contributed by atoms with van der Waals surface area (Å²) in [4.78, 5) is 12.2. The first-order valence-corrected chi connectivity index (χ1v) is 7.57. The largest absolute Gasteiger partial charge is 0.379 e. The maximum absolute atomic E-state index is 11.1. The minimum absolute atomic E-state index is 0.0452. The first-order valence-electron chi connectivity index (χ1n) is 5.90. The molecule has 0 saturated heterocycles. The van der Waals surface area contributed by atoms with E-state index in [0.29, 0.717) is 6.54 Å². The lowest BCUT2D eigenvalue weighted by Crippen LogP contribution is -2.08. The Bertz CT molecular complexity index is 595. The van der Waals surface area contributed by atoms with Crippen LogP contribution in [0, 0.1) is 6.92 Å². The predicted molar refractivity (Wildman–Crippen MR) is 84.8 cm³/mol. The Labute approximate surface area is 125 Å². The van der Waals surface area contributed by atoms with Gasteiger partial charge in [0.05, 0.1) is 12.2 Å². The van der Waals surface area contributed by atoms with Gasteiger partial charge >= 0.3 is 0 Å². The highest BCUT2D eigenvalue weighted by molar-refractivity contribution is 9.10. The number of amides is 1. The zero-order valence-electron chi connectivity index (χ0n) is 10.8. The maximum Gasteiger partial charge on any atom is 0.221 e. The predicted octanol–water partition coefficient (Wildman–Crippen LogP) is 4.39. The molecule has 2 aromatic rings. The lowest BCUT2D eigenvalue weighted by molar-refractivity contribution is -0.114. The molecule has 0 unspecified atom stereocenters. The molecule has 2 N–H and O–H groups in total. The average Bonchev–Trinajstić information content (AvgIpc) is 2.74. The normalized spacial score (nSPS) is 10.3. The molecule has 0 fully saturated rings. The molecule has 0 spiro atoms. The number of anilines is 2. The number of hydrogen-bond donors (Lipinski definition) is 2. The number of halogens is 1. The van der Waals surface area contributed by atoms with Gasteiger partial charge in [0.2, 0.25) is 5.91 Å². The van der Waals surface area contributed by atoms with Crippen molar-refractivity contribution in [1.29, 1.82) is 0 Å². The SMILES string of the molecule is CC(=O)Nc1ccsc1CNc1ccc(C)cc1Br. The van der Waals surface area contributed by atoms with Crippen molar-refractivity contribution >= 4 is 44.5 Å². The summed E-state index contributed by atoms with van der Waals surface area (Å²) in [5.74, 6) is -0.0452. The van der Waals surface area contributed by atoms with Crippen LogP contribution in [0.3, 0.4) is 0 Å². The summed E-state index contributed by atoms with van der Waals surface area (Å²) in [6.45, 7) is 4.27. The molecule has 1 aromatic carbocycles. The molecule has 3 nitrogen and oxygen atoms in total. The zero-order valence-corrected chi connectivity index (χ0v) is 13.2. The topological polar surface area (TPSA) is 41.1 Å². The van der Waals surface area contributed by atoms with Crippen molar-refractivity contribution in [3.8, 4) is 0 Å². The summed E-state index contributed by atoms with van der Waals surface area (Å²) in [6, 6.07) is 8.11. The number of nitrogens with one attached hydrogen (secondary N) is 2. The number of carbonyl (C=O) groups is 1. The molecule has 2 rings (SSSR count). The van der Waals surface area contributed by atoms with Gasteiger partial charge in [-0.05, 0) is 52.0 Å². The van der Waals surface area contributed by atoms with Gasteiger partial charge in [-0.15, -0.1) is 11.3 Å². The highest BCUT2D eigenvalue weighted by atomic mass is 79.9. The van der Waals surface area contributed by atoms with Crippen LogP contribution in [0.1, 0.15) is 17.4 Å². The van der Waals surface area contributed by atoms with Crippen LogP contribution in [0.5, 0.6) is 0 Å². The van der Waals surface area contributed by atoms with Gasteiger partial charge < -0.3 is 10.6 Å². The molecular weight excluding hydrogens is 324 g/mol. The van der Waals surface area contributed by atoms with E-state index in [1.54, 1.807) is 11.3 Å². The van der Waals surface area contributed by atoms with Gasteiger partial charge in [0, 0.05) is 22.0 Å². The Kier molecular flexibility index (Phi) is 4.61. The highest BCUT2D eigenvalue weighted by Gasteiger charge is 2.06. The van der Waals surface area contributed by atoms with Crippen molar-refractivity contribution in [3.63, 3.8) is 0 Å². The van der Waals surface area contributed by atoms with E-state index < -0.39 is 0 Å². The lowest BCUT2D eigenvalue weighted by Gasteiger charge is -2.10. The van der Waals surface area contributed by atoms with Gasteiger partial charge in [-0.2, -0.15) is 0 Å². The number of benzene rings is 1. The van der Waals surface area contributed by atoms with E-state index in [9.17, 15) is 4.79 Å². The van der Waals surface area contributed by atoms with Crippen molar-refractivity contribution in [2.45, 2.75) is 20.4 Å². The number of carbonyl (C=O) groups excluding carboxylic acids is 1. The van der Waals surface area contributed by atoms with Crippen molar-refractivity contribution in [3.05, 3.63) is 44.6 Å². The van der Waals surface area contributed by atoms with Gasteiger partial charge in [0.15, 0.2) is 0 Å². The first-order chi connectivity index (χ1) is 9.06. The highest BCUT2D eigenvalue weighted by Crippen LogP contribution is 2.27. The number of thiophene rings is 1. The summed E-state index contributed by atoms with van der Waals surface area (Å²) >= 11 is 5.17. The molecule has 5 heteroatoms. The molecule has 0 radical (unpaired) electrons. The van der Waals surface area contributed by atoms with Gasteiger partial charge in [-0.25, -0.2) is 0 Å². The van der Waals surface area contributed by atoms with Crippen molar-refractivity contribution in [1.82, 2.24) is 0 Å². The van der Waals surface area contributed by atoms with E-state index in [4.69, 9.17) is 0 Å². The van der Waals surface area contributed by atoms with Crippen LogP contribution in [-0.4, -0.2) is 5.91 Å². The van der Waals surface area contributed by atoms with E-state index in [1.165, 1.54) is 12.5 Å². The van der Waals surface area contributed by atoms with Gasteiger partial charge in [-0.1, -0.05) is 6.07 Å². The van der Waals surface area contributed by atoms with E-state index in [-0.39, 0.29) is 5.91 Å². The number of aryl methyl sites for hydroxylation is 1. The first kappa shape index (κ1) is 14.1. The third-order valence-corrected chi connectivity index (χ3v) is 4.20. The molecule has 100 valence electrons. The van der Waals surface area contributed by atoms with Crippen molar-refractivity contribution in [2.24, 2.45) is 0 Å². The molecule has 0 aliphatic carbocycles. The van der Waals surface area contributed by atoms with Crippen LogP contribution >= 0.6 is 27.3 Å². The second-order valence-corrected chi connectivity index (χ2v) is 6.13. The van der Waals surface area contributed by atoms with E-state index in [1.807, 2.05) is 17.5 Å². The summed E-state index contributed by atoms with van der Waals surface area (Å²) in [6.07, 6.45) is 0. The summed E-state index contributed by atoms with van der Waals surface area (Å²) < 4.78 is 1.05. The van der Waals surface area contributed by atoms with Crippen LogP contribution in [0.15, 0.2) is 34.1 Å². The molecule has 19 heavy (non-hydrogen) atoms. The Balaban J connectivity index is 2.06. The number of hydrogen-bond acceptors (Lipinski definition) is 3. The Hall–Kier alpha value is -1.33. The quantitative estimate of drug-likeness (QED) is 0.867. The zero-order chi connectivity index (χ0) is 13.8. The average molecular weight is 339 g/mol. The fourth-order valence-electron chi connectivity index (χ4n) is 1.72. The van der Waals surface area contributed by atoms with E-state index >= 15 is 0 Å². The lowest BCUT2D eigenvalue weighted by atomic mass is 10.2. The molecular formula is C14H15BrN2OS.